The first-order valence-corrected chi connectivity index (χ1v) is 6.87. The molecule has 20 heavy (non-hydrogen) atoms. The molecule has 1 nitrogen and oxygen atoms in total. The molecular weight excluding hydrogens is 280 g/mol. The number of hydrogen-bond donors (Lipinski definition) is 1. The number of hydrogen-bond acceptors (Lipinski definition) is 1. The lowest BCUT2D eigenvalue weighted by molar-refractivity contribution is 0.438. The zero-order valence-corrected chi connectivity index (χ0v) is 11.6. The van der Waals surface area contributed by atoms with E-state index in [-0.39, 0.29) is 11.6 Å². The first kappa shape index (κ1) is 13.5. The number of benzene rings is 2. The van der Waals surface area contributed by atoms with E-state index in [1.54, 1.807) is 12.1 Å². The molecule has 1 unspecified atom stereocenters. The van der Waals surface area contributed by atoms with Crippen molar-refractivity contribution in [3.05, 3.63) is 69.7 Å². The van der Waals surface area contributed by atoms with E-state index in [4.69, 9.17) is 17.3 Å². The lowest BCUT2D eigenvalue weighted by Gasteiger charge is -2.26. The molecule has 104 valence electrons. The largest absolute Gasteiger partial charge is 0.321 e. The smallest absolute Gasteiger partial charge is 0.124 e. The van der Waals surface area contributed by atoms with Crippen molar-refractivity contribution < 1.29 is 8.78 Å². The van der Waals surface area contributed by atoms with Crippen molar-refractivity contribution in [1.82, 2.24) is 0 Å². The van der Waals surface area contributed by atoms with Crippen molar-refractivity contribution in [2.75, 3.05) is 0 Å². The van der Waals surface area contributed by atoms with Crippen LogP contribution in [-0.4, -0.2) is 0 Å². The van der Waals surface area contributed by atoms with Crippen LogP contribution in [0.5, 0.6) is 0 Å². The third-order valence-electron chi connectivity index (χ3n) is 3.97. The maximum atomic E-state index is 13.2. The monoisotopic (exact) mass is 293 g/mol. The third kappa shape index (κ3) is 2.32. The first-order chi connectivity index (χ1) is 9.48. The highest BCUT2D eigenvalue weighted by molar-refractivity contribution is 6.31. The lowest BCUT2D eigenvalue weighted by atomic mass is 9.86. The molecule has 0 spiro atoms. The van der Waals surface area contributed by atoms with E-state index >= 15 is 0 Å². The maximum Gasteiger partial charge on any atom is 0.124 e. The fraction of sp³-hybridized carbons (Fsp3) is 0.250. The number of nitrogens with two attached hydrogens (primary N) is 1. The molecule has 0 amide bonds. The molecule has 0 saturated heterocycles. The second-order valence-electron chi connectivity index (χ2n) is 5.37. The zero-order valence-electron chi connectivity index (χ0n) is 10.8. The maximum absolute atomic E-state index is 13.2. The van der Waals surface area contributed by atoms with Gasteiger partial charge >= 0.3 is 0 Å². The van der Waals surface area contributed by atoms with Crippen LogP contribution in [0.2, 0.25) is 5.02 Å². The van der Waals surface area contributed by atoms with Gasteiger partial charge in [-0.1, -0.05) is 23.7 Å². The van der Waals surface area contributed by atoms with E-state index < -0.39 is 5.54 Å². The molecule has 0 heterocycles. The Balaban J connectivity index is 1.96. The summed E-state index contributed by atoms with van der Waals surface area (Å²) >= 11 is 6.07. The Morgan fingerprint density at radius 2 is 1.80 bits per heavy atom. The molecule has 0 aromatic heterocycles. The predicted octanol–water partition coefficient (Wildman–Crippen LogP) is 3.96. The average Bonchev–Trinajstić information content (AvgIpc) is 2.70. The SMILES string of the molecule is NC1(Cc2ccc(F)cc2Cl)CCc2cc(F)ccc21. The van der Waals surface area contributed by atoms with Crippen LogP contribution in [0.4, 0.5) is 8.78 Å². The molecule has 4 heteroatoms. The summed E-state index contributed by atoms with van der Waals surface area (Å²) < 4.78 is 26.3. The minimum Gasteiger partial charge on any atom is -0.321 e. The summed E-state index contributed by atoms with van der Waals surface area (Å²) in [6.45, 7) is 0. The minimum atomic E-state index is -0.565. The molecule has 1 aliphatic rings. The van der Waals surface area contributed by atoms with E-state index in [0.29, 0.717) is 11.4 Å². The van der Waals surface area contributed by atoms with Crippen LogP contribution >= 0.6 is 11.6 Å². The summed E-state index contributed by atoms with van der Waals surface area (Å²) in [6, 6.07) is 9.04. The molecule has 3 rings (SSSR count). The van der Waals surface area contributed by atoms with Crippen molar-refractivity contribution in [1.29, 1.82) is 0 Å². The Morgan fingerprint density at radius 3 is 2.55 bits per heavy atom. The molecule has 2 N–H and O–H groups in total. The Bertz CT molecular complexity index is 672. The van der Waals surface area contributed by atoms with Gasteiger partial charge in [0.1, 0.15) is 11.6 Å². The van der Waals surface area contributed by atoms with Crippen LogP contribution in [0, 0.1) is 11.6 Å². The highest BCUT2D eigenvalue weighted by Gasteiger charge is 2.35. The van der Waals surface area contributed by atoms with Gasteiger partial charge in [-0.25, -0.2) is 8.78 Å². The van der Waals surface area contributed by atoms with E-state index in [1.807, 2.05) is 0 Å². The molecule has 2 aromatic carbocycles. The first-order valence-electron chi connectivity index (χ1n) is 6.50. The normalized spacial score (nSPS) is 21.0. The number of halogens is 3. The summed E-state index contributed by atoms with van der Waals surface area (Å²) in [5.41, 5.74) is 8.64. The fourth-order valence-electron chi connectivity index (χ4n) is 2.94. The molecule has 1 atom stereocenters. The number of fused-ring (bicyclic) bond motifs is 1. The van der Waals surface area contributed by atoms with Gasteiger partial charge < -0.3 is 5.73 Å². The zero-order chi connectivity index (χ0) is 14.3. The standard InChI is InChI=1S/C16H14ClF2N/c17-15-8-13(19)2-1-11(15)9-16(20)6-5-10-7-12(18)3-4-14(10)16/h1-4,7-8H,5-6,9,20H2. The number of aryl methyl sites for hydroxylation is 1. The van der Waals surface area contributed by atoms with Crippen LogP contribution in [-0.2, 0) is 18.4 Å². The Morgan fingerprint density at radius 1 is 1.10 bits per heavy atom. The van der Waals surface area contributed by atoms with Gasteiger partial charge in [0.25, 0.3) is 0 Å². The van der Waals surface area contributed by atoms with Gasteiger partial charge in [0.2, 0.25) is 0 Å². The van der Waals surface area contributed by atoms with Crippen molar-refractivity contribution in [2.45, 2.75) is 24.8 Å². The van der Waals surface area contributed by atoms with E-state index in [9.17, 15) is 8.78 Å². The number of rotatable bonds is 2. The van der Waals surface area contributed by atoms with Crippen LogP contribution in [0.3, 0.4) is 0 Å². The average molecular weight is 294 g/mol. The summed E-state index contributed by atoms with van der Waals surface area (Å²) in [7, 11) is 0. The van der Waals surface area contributed by atoms with E-state index in [0.717, 1.165) is 29.5 Å². The van der Waals surface area contributed by atoms with Gasteiger partial charge in [0, 0.05) is 10.6 Å². The molecular formula is C16H14ClF2N. The second kappa shape index (κ2) is 4.83. The van der Waals surface area contributed by atoms with Crippen LogP contribution in [0.1, 0.15) is 23.1 Å². The van der Waals surface area contributed by atoms with Gasteiger partial charge in [0.15, 0.2) is 0 Å². The molecule has 1 aliphatic carbocycles. The molecule has 0 aliphatic heterocycles. The van der Waals surface area contributed by atoms with Crippen molar-refractivity contribution in [2.24, 2.45) is 5.73 Å². The van der Waals surface area contributed by atoms with Gasteiger partial charge in [-0.05, 0) is 60.2 Å². The predicted molar refractivity (Wildman–Crippen MR) is 75.7 cm³/mol. The van der Waals surface area contributed by atoms with Gasteiger partial charge in [-0.3, -0.25) is 0 Å². The summed E-state index contributed by atoms with van der Waals surface area (Å²) in [5, 5.41) is 0.380. The highest BCUT2D eigenvalue weighted by atomic mass is 35.5. The van der Waals surface area contributed by atoms with E-state index in [2.05, 4.69) is 0 Å². The summed E-state index contributed by atoms with van der Waals surface area (Å²) in [5.74, 6) is -0.605. The van der Waals surface area contributed by atoms with Crippen LogP contribution in [0.25, 0.3) is 0 Å². The van der Waals surface area contributed by atoms with Crippen molar-refractivity contribution >= 4 is 11.6 Å². The van der Waals surface area contributed by atoms with Gasteiger partial charge in [0.05, 0.1) is 0 Å². The van der Waals surface area contributed by atoms with Gasteiger partial charge in [-0.15, -0.1) is 0 Å². The summed E-state index contributed by atoms with van der Waals surface area (Å²) in [6.07, 6.45) is 2.01. The fourth-order valence-corrected chi connectivity index (χ4v) is 3.17. The highest BCUT2D eigenvalue weighted by Crippen LogP contribution is 2.38. The Kier molecular flexibility index (Phi) is 3.27. The third-order valence-corrected chi connectivity index (χ3v) is 4.32. The van der Waals surface area contributed by atoms with Crippen molar-refractivity contribution in [3.63, 3.8) is 0 Å². The van der Waals surface area contributed by atoms with Crippen molar-refractivity contribution in [3.8, 4) is 0 Å². The Labute approximate surface area is 121 Å². The molecule has 2 aromatic rings. The second-order valence-corrected chi connectivity index (χ2v) is 5.78. The molecule has 0 bridgehead atoms. The quantitative estimate of drug-likeness (QED) is 0.891. The Hall–Kier alpha value is -1.45. The summed E-state index contributed by atoms with van der Waals surface area (Å²) in [4.78, 5) is 0. The van der Waals surface area contributed by atoms with E-state index in [1.165, 1.54) is 24.3 Å². The molecule has 0 saturated carbocycles. The minimum absolute atomic E-state index is 0.243. The topological polar surface area (TPSA) is 26.0 Å². The van der Waals surface area contributed by atoms with Crippen LogP contribution in [0.15, 0.2) is 36.4 Å². The van der Waals surface area contributed by atoms with Crippen LogP contribution < -0.4 is 5.73 Å². The lowest BCUT2D eigenvalue weighted by Crippen LogP contribution is -2.36. The molecule has 0 fully saturated rings. The van der Waals surface area contributed by atoms with Gasteiger partial charge in [-0.2, -0.15) is 0 Å². The molecule has 0 radical (unpaired) electrons.